The number of hydrogen-bond acceptors (Lipinski definition) is 3. The molecule has 1 aliphatic heterocycles. The highest BCUT2D eigenvalue weighted by Gasteiger charge is 2.39. The molecule has 5 nitrogen and oxygen atoms in total. The Labute approximate surface area is 141 Å². The van der Waals surface area contributed by atoms with Crippen LogP contribution in [0.3, 0.4) is 0 Å². The number of imide groups is 1. The van der Waals surface area contributed by atoms with Crippen LogP contribution in [0.15, 0.2) is 45.3 Å². The SMILES string of the molecule is O=C(O)c1ccc(N2C(=O)c3c(Br)ccc(Br)c3C2=O)cc1. The second kappa shape index (κ2) is 5.33. The van der Waals surface area contributed by atoms with Gasteiger partial charge in [0.15, 0.2) is 0 Å². The number of amides is 2. The Bertz CT molecular complexity index is 789. The normalized spacial score (nSPS) is 13.5. The van der Waals surface area contributed by atoms with Crippen molar-refractivity contribution < 1.29 is 19.5 Å². The van der Waals surface area contributed by atoms with Crippen molar-refractivity contribution in [2.75, 3.05) is 4.90 Å². The van der Waals surface area contributed by atoms with Crippen molar-refractivity contribution in [3.05, 3.63) is 62.0 Å². The Kier molecular flexibility index (Phi) is 3.62. The summed E-state index contributed by atoms with van der Waals surface area (Å²) < 4.78 is 1.07. The van der Waals surface area contributed by atoms with E-state index in [2.05, 4.69) is 31.9 Å². The van der Waals surface area contributed by atoms with E-state index < -0.39 is 17.8 Å². The molecule has 0 atom stereocenters. The third-order valence-electron chi connectivity index (χ3n) is 3.31. The highest BCUT2D eigenvalue weighted by Crippen LogP contribution is 2.36. The number of nitrogens with zero attached hydrogens (tertiary/aromatic N) is 1. The van der Waals surface area contributed by atoms with Crippen LogP contribution in [0.1, 0.15) is 31.1 Å². The van der Waals surface area contributed by atoms with E-state index in [-0.39, 0.29) is 5.56 Å². The monoisotopic (exact) mass is 423 g/mol. The zero-order valence-corrected chi connectivity index (χ0v) is 14.0. The van der Waals surface area contributed by atoms with Crippen molar-refractivity contribution in [3.8, 4) is 0 Å². The largest absolute Gasteiger partial charge is 0.478 e. The third-order valence-corrected chi connectivity index (χ3v) is 4.63. The summed E-state index contributed by atoms with van der Waals surface area (Å²) in [5, 5.41) is 8.90. The Morgan fingerprint density at radius 3 is 1.73 bits per heavy atom. The molecule has 0 aliphatic carbocycles. The van der Waals surface area contributed by atoms with Gasteiger partial charge < -0.3 is 5.11 Å². The second-order valence-corrected chi connectivity index (χ2v) is 6.29. The van der Waals surface area contributed by atoms with Gasteiger partial charge in [-0.3, -0.25) is 9.59 Å². The number of rotatable bonds is 2. The van der Waals surface area contributed by atoms with Crippen LogP contribution in [-0.4, -0.2) is 22.9 Å². The molecular formula is C15H7Br2NO4. The molecule has 22 heavy (non-hydrogen) atoms. The predicted molar refractivity (Wildman–Crippen MR) is 86.4 cm³/mol. The van der Waals surface area contributed by atoms with Crippen LogP contribution in [0.2, 0.25) is 0 Å². The number of aromatic carboxylic acids is 1. The van der Waals surface area contributed by atoms with Gasteiger partial charge in [-0.1, -0.05) is 0 Å². The number of carbonyl (C=O) groups excluding carboxylic acids is 2. The maximum Gasteiger partial charge on any atom is 0.335 e. The lowest BCUT2D eigenvalue weighted by Gasteiger charge is -2.14. The predicted octanol–water partition coefficient (Wildman–Crippen LogP) is 3.71. The lowest BCUT2D eigenvalue weighted by molar-refractivity contribution is 0.0696. The molecule has 0 aromatic heterocycles. The van der Waals surface area contributed by atoms with Gasteiger partial charge in [-0.25, -0.2) is 9.69 Å². The molecule has 0 saturated carbocycles. The van der Waals surface area contributed by atoms with E-state index in [4.69, 9.17) is 5.11 Å². The van der Waals surface area contributed by atoms with Gasteiger partial charge in [0.1, 0.15) is 0 Å². The zero-order valence-electron chi connectivity index (χ0n) is 10.8. The average molecular weight is 425 g/mol. The second-order valence-electron chi connectivity index (χ2n) is 4.58. The van der Waals surface area contributed by atoms with Crippen molar-refractivity contribution in [3.63, 3.8) is 0 Å². The maximum absolute atomic E-state index is 12.5. The molecule has 1 heterocycles. The Morgan fingerprint density at radius 1 is 0.864 bits per heavy atom. The smallest absolute Gasteiger partial charge is 0.335 e. The molecule has 1 N–H and O–H groups in total. The van der Waals surface area contributed by atoms with Gasteiger partial charge in [-0.2, -0.15) is 0 Å². The summed E-state index contributed by atoms with van der Waals surface area (Å²) in [6, 6.07) is 8.95. The number of benzene rings is 2. The molecule has 0 fully saturated rings. The standard InChI is InChI=1S/C15H7Br2NO4/c16-9-5-6-10(17)12-11(9)13(19)18(14(12)20)8-3-1-7(2-4-8)15(21)22/h1-6H,(H,21,22). The van der Waals surface area contributed by atoms with Crippen molar-refractivity contribution in [1.29, 1.82) is 0 Å². The number of carboxylic acid groups (broad SMARTS) is 1. The Morgan fingerprint density at radius 2 is 1.32 bits per heavy atom. The van der Waals surface area contributed by atoms with Gasteiger partial charge >= 0.3 is 5.97 Å². The van der Waals surface area contributed by atoms with Crippen molar-refractivity contribution >= 4 is 55.3 Å². The van der Waals surface area contributed by atoms with Crippen LogP contribution >= 0.6 is 31.9 Å². The van der Waals surface area contributed by atoms with Gasteiger partial charge in [-0.05, 0) is 68.3 Å². The summed E-state index contributed by atoms with van der Waals surface area (Å²) in [6.45, 7) is 0. The molecule has 2 amide bonds. The van der Waals surface area contributed by atoms with E-state index >= 15 is 0 Å². The number of anilines is 1. The molecule has 1 aliphatic rings. The minimum absolute atomic E-state index is 0.0859. The molecule has 0 saturated heterocycles. The van der Waals surface area contributed by atoms with E-state index in [1.807, 2.05) is 0 Å². The van der Waals surface area contributed by atoms with Gasteiger partial charge in [-0.15, -0.1) is 0 Å². The first-order valence-corrected chi connectivity index (χ1v) is 7.70. The molecule has 2 aromatic carbocycles. The van der Waals surface area contributed by atoms with Crippen LogP contribution in [-0.2, 0) is 0 Å². The number of hydrogen-bond donors (Lipinski definition) is 1. The fourth-order valence-electron chi connectivity index (χ4n) is 2.27. The number of fused-ring (bicyclic) bond motifs is 1. The van der Waals surface area contributed by atoms with Gasteiger partial charge in [0.05, 0.1) is 22.4 Å². The zero-order chi connectivity index (χ0) is 16.0. The third kappa shape index (κ3) is 2.17. The minimum Gasteiger partial charge on any atom is -0.478 e. The van der Waals surface area contributed by atoms with Crippen LogP contribution < -0.4 is 4.90 Å². The van der Waals surface area contributed by atoms with Crippen molar-refractivity contribution in [2.45, 2.75) is 0 Å². The first-order valence-electron chi connectivity index (χ1n) is 6.12. The van der Waals surface area contributed by atoms with E-state index in [0.29, 0.717) is 25.8 Å². The highest BCUT2D eigenvalue weighted by molar-refractivity contribution is 9.11. The van der Waals surface area contributed by atoms with Crippen molar-refractivity contribution in [1.82, 2.24) is 0 Å². The molecule has 7 heteroatoms. The summed E-state index contributed by atoms with van der Waals surface area (Å²) in [4.78, 5) is 37.0. The maximum atomic E-state index is 12.5. The summed E-state index contributed by atoms with van der Waals surface area (Å²) in [7, 11) is 0. The topological polar surface area (TPSA) is 74.7 Å². The van der Waals surface area contributed by atoms with Crippen LogP contribution in [0, 0.1) is 0 Å². The van der Waals surface area contributed by atoms with E-state index in [9.17, 15) is 14.4 Å². The first kappa shape index (κ1) is 14.9. The van der Waals surface area contributed by atoms with Gasteiger partial charge in [0, 0.05) is 8.95 Å². The summed E-state index contributed by atoms with van der Waals surface area (Å²) >= 11 is 6.56. The Balaban J connectivity index is 2.09. The Hall–Kier alpha value is -1.99. The molecule has 0 unspecified atom stereocenters. The molecule has 0 radical (unpaired) electrons. The van der Waals surface area contributed by atoms with Crippen molar-refractivity contribution in [2.24, 2.45) is 0 Å². The molecule has 110 valence electrons. The lowest BCUT2D eigenvalue weighted by Crippen LogP contribution is -2.29. The van der Waals surface area contributed by atoms with E-state index in [0.717, 1.165) is 4.90 Å². The quantitative estimate of drug-likeness (QED) is 0.745. The number of halogens is 2. The molecule has 0 spiro atoms. The number of carboxylic acids is 1. The summed E-state index contributed by atoms with van der Waals surface area (Å²) in [6.07, 6.45) is 0. The average Bonchev–Trinajstić information content (AvgIpc) is 2.76. The fraction of sp³-hybridized carbons (Fsp3) is 0. The first-order chi connectivity index (χ1) is 10.4. The van der Waals surface area contributed by atoms with E-state index in [1.165, 1.54) is 24.3 Å². The molecular weight excluding hydrogens is 418 g/mol. The molecule has 0 bridgehead atoms. The summed E-state index contributed by atoms with van der Waals surface area (Å²) in [5.41, 5.74) is 1.00. The lowest BCUT2D eigenvalue weighted by atomic mass is 10.1. The fourth-order valence-corrected chi connectivity index (χ4v) is 3.27. The van der Waals surface area contributed by atoms with Gasteiger partial charge in [0.25, 0.3) is 11.8 Å². The van der Waals surface area contributed by atoms with Crippen LogP contribution in [0.5, 0.6) is 0 Å². The molecule has 2 aromatic rings. The number of carbonyl (C=O) groups is 3. The van der Waals surface area contributed by atoms with Gasteiger partial charge in [0.2, 0.25) is 0 Å². The van der Waals surface area contributed by atoms with Crippen LogP contribution in [0.25, 0.3) is 0 Å². The highest BCUT2D eigenvalue weighted by atomic mass is 79.9. The molecule has 3 rings (SSSR count). The minimum atomic E-state index is -1.07. The van der Waals surface area contributed by atoms with Crippen LogP contribution in [0.4, 0.5) is 5.69 Å². The summed E-state index contributed by atoms with van der Waals surface area (Å²) in [5.74, 6) is -1.97. The van der Waals surface area contributed by atoms with E-state index in [1.54, 1.807) is 12.1 Å².